The first-order valence-electron chi connectivity index (χ1n) is 17.5. The number of carbonyl (C=O) groups is 1. The standard InChI is InChI=1S/C33H68NO6P/c1-3-5-7-9-11-13-15-16-17-19-21-23-25-27-29-33(36)34-31(30-40-41(37,38)39)32(35)28-26-24-22-20-18-14-12-10-8-6-4-2/h31-32,35H,3-30H2,1-2H3,(H,34,36)(H2,37,38,39)/t31-,32+/m0/s1. The maximum absolute atomic E-state index is 12.5. The Labute approximate surface area is 253 Å². The Morgan fingerprint density at radius 1 is 0.610 bits per heavy atom. The number of aliphatic hydroxyl groups is 1. The van der Waals surface area contributed by atoms with Gasteiger partial charge in [-0.3, -0.25) is 9.32 Å². The number of phosphoric acid groups is 1. The summed E-state index contributed by atoms with van der Waals surface area (Å²) in [6.45, 7) is 4.10. The third-order valence-electron chi connectivity index (χ3n) is 8.09. The highest BCUT2D eigenvalue weighted by Gasteiger charge is 2.25. The quantitative estimate of drug-likeness (QED) is 0.0448. The van der Waals surface area contributed by atoms with Crippen molar-refractivity contribution in [1.82, 2.24) is 5.32 Å². The molecule has 0 aliphatic heterocycles. The molecule has 0 fully saturated rings. The molecule has 0 saturated carbocycles. The number of rotatable bonds is 32. The van der Waals surface area contributed by atoms with E-state index in [1.807, 2.05) is 0 Å². The minimum absolute atomic E-state index is 0.193. The zero-order chi connectivity index (χ0) is 30.4. The molecule has 2 atom stereocenters. The van der Waals surface area contributed by atoms with Crippen LogP contribution in [-0.2, 0) is 13.9 Å². The first-order chi connectivity index (χ1) is 19.8. The van der Waals surface area contributed by atoms with Crippen LogP contribution >= 0.6 is 7.82 Å². The van der Waals surface area contributed by atoms with Crippen molar-refractivity contribution in [3.8, 4) is 0 Å². The van der Waals surface area contributed by atoms with Crippen molar-refractivity contribution in [2.24, 2.45) is 0 Å². The van der Waals surface area contributed by atoms with E-state index in [-0.39, 0.29) is 5.91 Å². The lowest BCUT2D eigenvalue weighted by Gasteiger charge is -2.24. The zero-order valence-corrected chi connectivity index (χ0v) is 27.9. The van der Waals surface area contributed by atoms with Gasteiger partial charge in [0.15, 0.2) is 0 Å². The number of unbranched alkanes of at least 4 members (excludes halogenated alkanes) is 23. The molecule has 0 unspecified atom stereocenters. The Morgan fingerprint density at radius 2 is 0.951 bits per heavy atom. The maximum Gasteiger partial charge on any atom is 0.469 e. The number of phosphoric ester groups is 1. The van der Waals surface area contributed by atoms with Crippen LogP contribution < -0.4 is 5.32 Å². The van der Waals surface area contributed by atoms with Gasteiger partial charge in [0, 0.05) is 6.42 Å². The molecule has 0 radical (unpaired) electrons. The van der Waals surface area contributed by atoms with E-state index in [0.717, 1.165) is 38.5 Å². The second-order valence-electron chi connectivity index (χ2n) is 12.2. The lowest BCUT2D eigenvalue weighted by molar-refractivity contribution is -0.123. The molecule has 0 aliphatic carbocycles. The highest BCUT2D eigenvalue weighted by atomic mass is 31.2. The van der Waals surface area contributed by atoms with Crippen LogP contribution in [0.5, 0.6) is 0 Å². The van der Waals surface area contributed by atoms with Crippen LogP contribution in [0, 0.1) is 0 Å². The van der Waals surface area contributed by atoms with Crippen LogP contribution in [0.15, 0.2) is 0 Å². The summed E-state index contributed by atoms with van der Waals surface area (Å²) >= 11 is 0. The first-order valence-corrected chi connectivity index (χ1v) is 19.0. The average molecular weight is 606 g/mol. The third-order valence-corrected chi connectivity index (χ3v) is 8.58. The maximum atomic E-state index is 12.5. The van der Waals surface area contributed by atoms with Gasteiger partial charge < -0.3 is 20.2 Å². The Balaban J connectivity index is 3.98. The van der Waals surface area contributed by atoms with E-state index in [1.54, 1.807) is 0 Å². The van der Waals surface area contributed by atoms with Gasteiger partial charge >= 0.3 is 7.82 Å². The minimum atomic E-state index is -4.67. The molecule has 0 aromatic carbocycles. The lowest BCUT2D eigenvalue weighted by Crippen LogP contribution is -2.46. The molecule has 0 aliphatic rings. The summed E-state index contributed by atoms with van der Waals surface area (Å²) < 4.78 is 15.8. The summed E-state index contributed by atoms with van der Waals surface area (Å²) in [6.07, 6.45) is 30.8. The molecule has 8 heteroatoms. The number of nitrogens with one attached hydrogen (secondary N) is 1. The number of hydrogen-bond acceptors (Lipinski definition) is 4. The Bertz CT molecular complexity index is 615. The molecule has 0 aromatic heterocycles. The van der Waals surface area contributed by atoms with Gasteiger partial charge in [0.2, 0.25) is 5.91 Å². The van der Waals surface area contributed by atoms with Crippen molar-refractivity contribution in [1.29, 1.82) is 0 Å². The largest absolute Gasteiger partial charge is 0.469 e. The fourth-order valence-electron chi connectivity index (χ4n) is 5.40. The van der Waals surface area contributed by atoms with Crippen molar-refractivity contribution in [3.63, 3.8) is 0 Å². The lowest BCUT2D eigenvalue weighted by atomic mass is 10.0. The summed E-state index contributed by atoms with van der Waals surface area (Å²) in [5, 5.41) is 13.4. The van der Waals surface area contributed by atoms with Gasteiger partial charge in [-0.15, -0.1) is 0 Å². The van der Waals surface area contributed by atoms with Gasteiger partial charge in [-0.2, -0.15) is 0 Å². The second-order valence-corrected chi connectivity index (χ2v) is 13.4. The van der Waals surface area contributed by atoms with Gasteiger partial charge in [-0.1, -0.05) is 168 Å². The monoisotopic (exact) mass is 605 g/mol. The minimum Gasteiger partial charge on any atom is -0.391 e. The van der Waals surface area contributed by atoms with Gasteiger partial charge in [0.05, 0.1) is 18.8 Å². The normalized spacial score (nSPS) is 13.4. The van der Waals surface area contributed by atoms with Crippen LogP contribution in [0.25, 0.3) is 0 Å². The molecule has 0 aromatic rings. The average Bonchev–Trinajstić information content (AvgIpc) is 2.93. The molecule has 246 valence electrons. The van der Waals surface area contributed by atoms with Crippen LogP contribution in [0.4, 0.5) is 0 Å². The molecule has 0 heterocycles. The molecule has 0 spiro atoms. The van der Waals surface area contributed by atoms with Gasteiger partial charge in [0.25, 0.3) is 0 Å². The molecule has 0 rings (SSSR count). The fraction of sp³-hybridized carbons (Fsp3) is 0.970. The van der Waals surface area contributed by atoms with Crippen molar-refractivity contribution >= 4 is 13.7 Å². The van der Waals surface area contributed by atoms with Crippen LogP contribution in [-0.4, -0.2) is 39.6 Å². The molecule has 0 saturated heterocycles. The van der Waals surface area contributed by atoms with Crippen molar-refractivity contribution in [3.05, 3.63) is 0 Å². The SMILES string of the molecule is CCCCCCCCCCCCCCCCC(=O)N[C@@H](COP(=O)(O)O)[C@H](O)CCCCCCCCCCCCC. The van der Waals surface area contributed by atoms with Crippen molar-refractivity contribution in [2.45, 2.75) is 199 Å². The van der Waals surface area contributed by atoms with E-state index in [1.165, 1.54) is 122 Å². The third kappa shape index (κ3) is 30.8. The van der Waals surface area contributed by atoms with E-state index in [0.29, 0.717) is 12.8 Å². The number of amides is 1. The highest BCUT2D eigenvalue weighted by Crippen LogP contribution is 2.36. The topological polar surface area (TPSA) is 116 Å². The summed E-state index contributed by atoms with van der Waals surface area (Å²) in [5.74, 6) is -0.193. The second kappa shape index (κ2) is 29.6. The summed E-state index contributed by atoms with van der Waals surface area (Å²) in [5.41, 5.74) is 0. The van der Waals surface area contributed by atoms with E-state index < -0.39 is 26.6 Å². The number of aliphatic hydroxyl groups excluding tert-OH is 1. The van der Waals surface area contributed by atoms with Gasteiger partial charge in [-0.25, -0.2) is 4.57 Å². The molecule has 0 bridgehead atoms. The zero-order valence-electron chi connectivity index (χ0n) is 27.0. The Kier molecular flexibility index (Phi) is 29.3. The predicted molar refractivity (Wildman–Crippen MR) is 172 cm³/mol. The number of hydrogen-bond donors (Lipinski definition) is 4. The summed E-state index contributed by atoms with van der Waals surface area (Å²) in [4.78, 5) is 30.7. The molecule has 4 N–H and O–H groups in total. The van der Waals surface area contributed by atoms with Crippen LogP contribution in [0.2, 0.25) is 0 Å². The Hall–Kier alpha value is -0.460. The summed E-state index contributed by atoms with van der Waals surface area (Å²) in [7, 11) is -4.67. The predicted octanol–water partition coefficient (Wildman–Crippen LogP) is 9.51. The van der Waals surface area contributed by atoms with Gasteiger partial charge in [0.1, 0.15) is 0 Å². The fourth-order valence-corrected chi connectivity index (χ4v) is 5.76. The molecular weight excluding hydrogens is 537 g/mol. The van der Waals surface area contributed by atoms with E-state index in [2.05, 4.69) is 23.7 Å². The van der Waals surface area contributed by atoms with Crippen molar-refractivity contribution < 1.29 is 28.8 Å². The Morgan fingerprint density at radius 3 is 1.32 bits per heavy atom. The van der Waals surface area contributed by atoms with Gasteiger partial charge in [-0.05, 0) is 12.8 Å². The van der Waals surface area contributed by atoms with Crippen LogP contribution in [0.1, 0.15) is 187 Å². The summed E-state index contributed by atoms with van der Waals surface area (Å²) in [6, 6.07) is -0.815. The van der Waals surface area contributed by atoms with Crippen LogP contribution in [0.3, 0.4) is 0 Å². The van der Waals surface area contributed by atoms with E-state index >= 15 is 0 Å². The van der Waals surface area contributed by atoms with E-state index in [4.69, 9.17) is 9.79 Å². The van der Waals surface area contributed by atoms with Crippen molar-refractivity contribution in [2.75, 3.05) is 6.61 Å². The smallest absolute Gasteiger partial charge is 0.391 e. The molecule has 1 amide bonds. The molecule has 41 heavy (non-hydrogen) atoms. The number of carbonyl (C=O) groups excluding carboxylic acids is 1. The molecular formula is C33H68NO6P. The van der Waals surface area contributed by atoms with E-state index in [9.17, 15) is 14.5 Å². The molecule has 7 nitrogen and oxygen atoms in total. The first kappa shape index (κ1) is 40.5. The highest BCUT2D eigenvalue weighted by molar-refractivity contribution is 7.46.